The number of hydrogen-bond acceptors (Lipinski definition) is 4. The molecular weight excluding hydrogens is 837 g/mol. The Hall–Kier alpha value is -4.06. The standard InChI is InChI=1S/C59H62S4/c1-5-8-11-14-17-41-22-30-45(31-23-41)58(44-28-20-40(4)21-29-44)48-36-38-60-52(48)54-50(58)56-57(62-54)51-55(63-56)53-49(37-39-61-53)59(51,46-32-24-42(25-33-46)18-15-12-9-6-2)47-34-26-43(27-35-47)19-16-13-10-7-3/h20-39H,5-19H2,1-4H3. The average Bonchev–Trinajstić information content (AvgIpc) is 4.17. The van der Waals surface area contributed by atoms with E-state index in [2.05, 4.69) is 170 Å². The third-order valence-electron chi connectivity index (χ3n) is 14.4. The van der Waals surface area contributed by atoms with Crippen molar-refractivity contribution in [1.29, 1.82) is 0 Å². The number of benzene rings is 4. The first-order valence-corrected chi connectivity index (χ1v) is 27.5. The van der Waals surface area contributed by atoms with Gasteiger partial charge in [-0.3, -0.25) is 0 Å². The molecule has 0 aliphatic heterocycles. The van der Waals surface area contributed by atoms with Gasteiger partial charge >= 0.3 is 0 Å². The Labute approximate surface area is 393 Å². The number of thiophene rings is 4. The van der Waals surface area contributed by atoms with Crippen molar-refractivity contribution >= 4 is 54.7 Å². The predicted octanol–water partition coefficient (Wildman–Crippen LogP) is 18.5. The number of aryl methyl sites for hydroxylation is 4. The molecule has 1 atom stereocenters. The molecule has 2 aliphatic carbocycles. The Morgan fingerprint density at radius 3 is 1.03 bits per heavy atom. The predicted molar refractivity (Wildman–Crippen MR) is 278 cm³/mol. The van der Waals surface area contributed by atoms with Crippen LogP contribution in [0.15, 0.2) is 120 Å². The van der Waals surface area contributed by atoms with Gasteiger partial charge in [-0.1, -0.05) is 181 Å². The molecule has 4 aromatic carbocycles. The van der Waals surface area contributed by atoms with Crippen LogP contribution in [0, 0.1) is 6.92 Å². The van der Waals surface area contributed by atoms with Gasteiger partial charge in [0.2, 0.25) is 0 Å². The minimum atomic E-state index is -0.396. The van der Waals surface area contributed by atoms with Gasteiger partial charge in [-0.2, -0.15) is 0 Å². The summed E-state index contributed by atoms with van der Waals surface area (Å²) in [5.41, 5.74) is 16.4. The molecule has 4 heterocycles. The molecule has 0 saturated heterocycles. The van der Waals surface area contributed by atoms with E-state index in [1.807, 2.05) is 22.7 Å². The molecular formula is C59H62S4. The normalized spacial score (nSPS) is 15.8. The van der Waals surface area contributed by atoms with Gasteiger partial charge in [0, 0.05) is 20.9 Å². The van der Waals surface area contributed by atoms with Gasteiger partial charge in [0.25, 0.3) is 0 Å². The van der Waals surface area contributed by atoms with Crippen molar-refractivity contribution in [3.63, 3.8) is 0 Å². The highest BCUT2D eigenvalue weighted by molar-refractivity contribution is 7.34. The van der Waals surface area contributed by atoms with E-state index in [0.717, 1.165) is 19.3 Å². The van der Waals surface area contributed by atoms with Crippen LogP contribution in [0.25, 0.3) is 28.9 Å². The summed E-state index contributed by atoms with van der Waals surface area (Å²) in [5.74, 6) is 0. The van der Waals surface area contributed by atoms with E-state index in [9.17, 15) is 0 Å². The van der Waals surface area contributed by atoms with Gasteiger partial charge in [0.1, 0.15) is 0 Å². The van der Waals surface area contributed by atoms with Gasteiger partial charge in [-0.15, -0.1) is 45.3 Å². The van der Waals surface area contributed by atoms with E-state index in [0.29, 0.717) is 0 Å². The Kier molecular flexibility index (Phi) is 12.5. The fourth-order valence-corrected chi connectivity index (χ4v) is 16.5. The molecule has 4 aromatic heterocycles. The zero-order chi connectivity index (χ0) is 43.0. The van der Waals surface area contributed by atoms with Crippen LogP contribution in [-0.2, 0) is 30.1 Å². The first kappa shape index (κ1) is 42.9. The van der Waals surface area contributed by atoms with Gasteiger partial charge < -0.3 is 0 Å². The molecule has 8 aromatic rings. The average molecular weight is 899 g/mol. The van der Waals surface area contributed by atoms with E-state index >= 15 is 0 Å². The van der Waals surface area contributed by atoms with Crippen LogP contribution in [0.5, 0.6) is 0 Å². The number of rotatable bonds is 19. The van der Waals surface area contributed by atoms with Gasteiger partial charge in [-0.05, 0) is 118 Å². The lowest BCUT2D eigenvalue weighted by Crippen LogP contribution is -2.28. The molecule has 1 unspecified atom stereocenters. The van der Waals surface area contributed by atoms with E-state index in [1.165, 1.54) is 173 Å². The second-order valence-corrected chi connectivity index (χ2v) is 22.4. The van der Waals surface area contributed by atoms with E-state index in [1.54, 1.807) is 0 Å². The molecule has 2 aliphatic rings. The van der Waals surface area contributed by atoms with E-state index < -0.39 is 10.8 Å². The topological polar surface area (TPSA) is 0 Å². The Balaban J connectivity index is 1.18. The third-order valence-corrected chi connectivity index (χ3v) is 19.1. The highest BCUT2D eigenvalue weighted by Gasteiger charge is 2.54. The summed E-state index contributed by atoms with van der Waals surface area (Å²) in [6, 6.07) is 44.2. The summed E-state index contributed by atoms with van der Waals surface area (Å²) >= 11 is 8.06. The SMILES string of the molecule is CCCCCCc1ccc(C2(c3ccc(C)cc3)c3ccsc3-c3sc4c5c(sc4c32)-c2sccc2C5(c2ccc(CCCCCC)cc2)c2ccc(CCCCCC)cc2)cc1. The summed E-state index contributed by atoms with van der Waals surface area (Å²) in [5, 5.41) is 4.72. The zero-order valence-corrected chi connectivity index (χ0v) is 41.1. The van der Waals surface area contributed by atoms with Crippen LogP contribution in [0.3, 0.4) is 0 Å². The number of fused-ring (bicyclic) bond motifs is 9. The molecule has 322 valence electrons. The molecule has 0 bridgehead atoms. The fourth-order valence-electron chi connectivity index (χ4n) is 11.1. The van der Waals surface area contributed by atoms with Gasteiger partial charge in [0.05, 0.1) is 30.0 Å². The van der Waals surface area contributed by atoms with E-state index in [4.69, 9.17) is 0 Å². The van der Waals surface area contributed by atoms with Crippen molar-refractivity contribution in [1.82, 2.24) is 0 Å². The molecule has 0 spiro atoms. The molecule has 0 amide bonds. The Morgan fingerprint density at radius 2 is 0.698 bits per heavy atom. The lowest BCUT2D eigenvalue weighted by Gasteiger charge is -2.34. The Bertz CT molecular complexity index is 2730. The minimum absolute atomic E-state index is 0.393. The van der Waals surface area contributed by atoms with Crippen LogP contribution in [0.4, 0.5) is 0 Å². The van der Waals surface area contributed by atoms with Crippen molar-refractivity contribution < 1.29 is 0 Å². The molecule has 4 heteroatoms. The quantitative estimate of drug-likeness (QED) is 0.0710. The van der Waals surface area contributed by atoms with Crippen LogP contribution in [-0.4, -0.2) is 0 Å². The summed E-state index contributed by atoms with van der Waals surface area (Å²) in [6.07, 6.45) is 19.0. The molecule has 63 heavy (non-hydrogen) atoms. The Morgan fingerprint density at radius 1 is 0.365 bits per heavy atom. The maximum absolute atomic E-state index is 2.51. The number of unbranched alkanes of at least 4 members (excludes halogenated alkanes) is 9. The molecule has 0 fully saturated rings. The third kappa shape index (κ3) is 7.27. The van der Waals surface area contributed by atoms with Crippen LogP contribution >= 0.6 is 45.3 Å². The summed E-state index contributed by atoms with van der Waals surface area (Å²) < 4.78 is 2.97. The van der Waals surface area contributed by atoms with Gasteiger partial charge in [-0.25, -0.2) is 0 Å². The maximum atomic E-state index is 2.51. The summed E-state index contributed by atoms with van der Waals surface area (Å²) in [4.78, 5) is 5.87. The van der Waals surface area contributed by atoms with Crippen molar-refractivity contribution in [3.05, 3.63) is 187 Å². The molecule has 0 N–H and O–H groups in total. The highest BCUT2D eigenvalue weighted by atomic mass is 32.1. The van der Waals surface area contributed by atoms with Crippen molar-refractivity contribution in [2.24, 2.45) is 0 Å². The molecule has 10 rings (SSSR count). The van der Waals surface area contributed by atoms with Crippen LogP contribution in [0.1, 0.15) is 165 Å². The van der Waals surface area contributed by atoms with Crippen LogP contribution < -0.4 is 0 Å². The molecule has 0 nitrogen and oxygen atoms in total. The summed E-state index contributed by atoms with van der Waals surface area (Å²) in [7, 11) is 0. The van der Waals surface area contributed by atoms with Crippen molar-refractivity contribution in [3.8, 4) is 19.5 Å². The minimum Gasteiger partial charge on any atom is -0.143 e. The first-order valence-electron chi connectivity index (χ1n) is 24.2. The fraction of sp³-hybridized carbons (Fsp3) is 0.356. The zero-order valence-electron chi connectivity index (χ0n) is 37.8. The smallest absolute Gasteiger partial charge is 0.0744 e. The largest absolute Gasteiger partial charge is 0.143 e. The van der Waals surface area contributed by atoms with E-state index in [-0.39, 0.29) is 0 Å². The summed E-state index contributed by atoms with van der Waals surface area (Å²) in [6.45, 7) is 9.14. The monoisotopic (exact) mass is 898 g/mol. The van der Waals surface area contributed by atoms with Crippen molar-refractivity contribution in [2.45, 2.75) is 135 Å². The first-order chi connectivity index (χ1) is 31.0. The second-order valence-electron chi connectivity index (χ2n) is 18.5. The highest BCUT2D eigenvalue weighted by Crippen LogP contribution is 2.69. The molecule has 0 saturated carbocycles. The second kappa shape index (κ2) is 18.4. The van der Waals surface area contributed by atoms with Crippen LogP contribution in [0.2, 0.25) is 0 Å². The lowest BCUT2D eigenvalue weighted by atomic mass is 9.67. The lowest BCUT2D eigenvalue weighted by molar-refractivity contribution is 0.666. The number of hydrogen-bond donors (Lipinski definition) is 0. The maximum Gasteiger partial charge on any atom is 0.0744 e. The van der Waals surface area contributed by atoms with Gasteiger partial charge in [0.15, 0.2) is 0 Å². The van der Waals surface area contributed by atoms with Crippen molar-refractivity contribution in [2.75, 3.05) is 0 Å². The molecule has 0 radical (unpaired) electrons.